The van der Waals surface area contributed by atoms with Gasteiger partial charge in [-0.2, -0.15) is 8.42 Å². The molecule has 0 N–H and O–H groups in total. The fourth-order valence-corrected chi connectivity index (χ4v) is 7.05. The number of hydrogen-bond acceptors (Lipinski definition) is 7. The van der Waals surface area contributed by atoms with Gasteiger partial charge in [0.05, 0.1) is 10.6 Å². The van der Waals surface area contributed by atoms with Crippen molar-refractivity contribution in [2.45, 2.75) is 36.5 Å². The van der Waals surface area contributed by atoms with Crippen molar-refractivity contribution in [3.63, 3.8) is 0 Å². The zero-order valence-corrected chi connectivity index (χ0v) is 18.7. The summed E-state index contributed by atoms with van der Waals surface area (Å²) in [7, 11) is -13.8. The minimum absolute atomic E-state index is 0.294. The van der Waals surface area contributed by atoms with Crippen molar-refractivity contribution < 1.29 is 34.2 Å². The Balaban J connectivity index is 2.58. The first kappa shape index (κ1) is 23.7. The van der Waals surface area contributed by atoms with Crippen molar-refractivity contribution in [2.24, 2.45) is 0 Å². The lowest BCUT2D eigenvalue weighted by atomic mass is 10.2. The maximum absolute atomic E-state index is 13.0. The Labute approximate surface area is 175 Å². The molecule has 0 saturated heterocycles. The largest absolute Gasteiger partial charge is 0.504 e. The van der Waals surface area contributed by atoms with Crippen molar-refractivity contribution in [3.8, 4) is 5.75 Å². The molecule has 0 unspecified atom stereocenters. The first-order chi connectivity index (χ1) is 14.0. The zero-order chi connectivity index (χ0) is 22.6. The van der Waals surface area contributed by atoms with Crippen molar-refractivity contribution in [1.82, 2.24) is 0 Å². The second kappa shape index (κ2) is 9.09. The Morgan fingerprint density at radius 1 is 0.933 bits per heavy atom. The van der Waals surface area contributed by atoms with E-state index in [1.54, 1.807) is 13.8 Å². The van der Waals surface area contributed by atoms with Crippen molar-refractivity contribution >= 4 is 34.2 Å². The average molecular weight is 473 g/mol. The van der Waals surface area contributed by atoms with Crippen molar-refractivity contribution in [3.05, 3.63) is 59.6 Å². The van der Waals surface area contributed by atoms with Gasteiger partial charge in [0.1, 0.15) is 4.90 Å². The highest BCUT2D eigenvalue weighted by Gasteiger charge is 2.45. The van der Waals surface area contributed by atoms with Crippen LogP contribution in [-0.4, -0.2) is 40.2 Å². The van der Waals surface area contributed by atoms with E-state index in [0.29, 0.717) is 12.8 Å². The van der Waals surface area contributed by atoms with Gasteiger partial charge in [0.15, 0.2) is 5.75 Å². The molecule has 0 aliphatic carbocycles. The lowest BCUT2D eigenvalue weighted by molar-refractivity contribution is 0.00379. The number of aryl methyl sites for hydroxylation is 1. The van der Waals surface area contributed by atoms with Crippen molar-refractivity contribution in [1.29, 1.82) is 0 Å². The predicted octanol–water partition coefficient (Wildman–Crippen LogP) is 2.34. The van der Waals surface area contributed by atoms with Gasteiger partial charge in [0.2, 0.25) is 0 Å². The van der Waals surface area contributed by atoms with E-state index in [1.807, 2.05) is 0 Å². The summed E-state index contributed by atoms with van der Waals surface area (Å²) in [5.74, 6) is -0.936. The Morgan fingerprint density at radius 2 is 1.53 bits per heavy atom. The molecule has 0 radical (unpaired) electrons. The molecule has 0 aliphatic rings. The lowest BCUT2D eigenvalue weighted by Gasteiger charge is -2.10. The van der Waals surface area contributed by atoms with E-state index in [-0.39, 0.29) is 5.75 Å². The Morgan fingerprint density at radius 3 is 2.10 bits per heavy atom. The summed E-state index contributed by atoms with van der Waals surface area (Å²) >= 11 is 0. The van der Waals surface area contributed by atoms with Gasteiger partial charge >= 0.3 is 14.5 Å². The molecule has 0 heterocycles. The van der Waals surface area contributed by atoms with Crippen LogP contribution in [0.5, 0.6) is 5.75 Å². The van der Waals surface area contributed by atoms with Crippen LogP contribution >= 0.6 is 0 Å². The second-order valence-corrected chi connectivity index (χ2v) is 12.0. The number of unbranched alkanes of at least 4 members (excludes halogenated alkanes) is 1. The molecule has 9 nitrogen and oxygen atoms in total. The third-order valence-electron chi connectivity index (χ3n) is 3.98. The normalized spacial score (nSPS) is 12.2. The van der Waals surface area contributed by atoms with Crippen LogP contribution in [0, 0.1) is 6.92 Å². The van der Waals surface area contributed by atoms with Crippen LogP contribution < -0.4 is 4.18 Å². The zero-order valence-electron chi connectivity index (χ0n) is 16.2. The highest BCUT2D eigenvalue weighted by atomic mass is 32.3. The maximum Gasteiger partial charge on any atom is 0.504 e. The van der Waals surface area contributed by atoms with Gasteiger partial charge in [0.25, 0.3) is 19.7 Å². The summed E-state index contributed by atoms with van der Waals surface area (Å²) in [6.07, 6.45) is 0.862. The average Bonchev–Trinajstić information content (AvgIpc) is 2.67. The standard InChI is InChI=1S/C18H20N2O7S3/c1-3-4-13-28(21,22)27-16-7-5-6-8-17(16)30(25,26)18(20-19)29(23,24)15-11-9-14(2)10-12-15/h5-12H,3-4,13H2,1-2H3. The van der Waals surface area contributed by atoms with Gasteiger partial charge in [0, 0.05) is 0 Å². The van der Waals surface area contributed by atoms with Gasteiger partial charge in [-0.3, -0.25) is 0 Å². The van der Waals surface area contributed by atoms with Gasteiger partial charge < -0.3 is 9.71 Å². The molecule has 2 rings (SSSR count). The van der Waals surface area contributed by atoms with Crippen LogP contribution in [0.4, 0.5) is 0 Å². The van der Waals surface area contributed by atoms with E-state index >= 15 is 0 Å². The fraction of sp³-hybridized carbons (Fsp3) is 0.278. The minimum atomic E-state index is -4.97. The van der Waals surface area contributed by atoms with Gasteiger partial charge in [-0.15, -0.1) is 4.79 Å². The minimum Gasteiger partial charge on any atom is -0.381 e. The molecule has 0 atom stereocenters. The monoisotopic (exact) mass is 472 g/mol. The summed E-state index contributed by atoms with van der Waals surface area (Å²) in [5, 5.41) is 0. The summed E-state index contributed by atoms with van der Waals surface area (Å²) in [4.78, 5) is 1.37. The van der Waals surface area contributed by atoms with Crippen LogP contribution in [0.1, 0.15) is 25.3 Å². The third-order valence-corrected chi connectivity index (χ3v) is 9.41. The van der Waals surface area contributed by atoms with E-state index in [4.69, 9.17) is 4.18 Å². The quantitative estimate of drug-likeness (QED) is 0.197. The molecule has 0 bridgehead atoms. The first-order valence-corrected chi connectivity index (χ1v) is 13.3. The van der Waals surface area contributed by atoms with Crippen LogP contribution in [0.2, 0.25) is 0 Å². The summed E-state index contributed by atoms with van der Waals surface area (Å²) in [6, 6.07) is 9.86. The van der Waals surface area contributed by atoms with Crippen LogP contribution in [0.25, 0.3) is 5.53 Å². The van der Waals surface area contributed by atoms with Gasteiger partial charge in [-0.1, -0.05) is 43.2 Å². The molecular formula is C18H20N2O7S3. The number of benzene rings is 2. The van der Waals surface area contributed by atoms with E-state index < -0.39 is 49.7 Å². The van der Waals surface area contributed by atoms with Crippen LogP contribution in [0.15, 0.2) is 58.3 Å². The molecule has 0 amide bonds. The third kappa shape index (κ3) is 5.14. The molecule has 0 aromatic heterocycles. The van der Waals surface area contributed by atoms with E-state index in [0.717, 1.165) is 17.7 Å². The van der Waals surface area contributed by atoms with Crippen molar-refractivity contribution in [2.75, 3.05) is 5.75 Å². The molecule has 0 saturated carbocycles. The Kier molecular flexibility index (Phi) is 7.19. The summed E-state index contributed by atoms with van der Waals surface area (Å²) in [5.41, 5.74) is 10.0. The number of sulfone groups is 2. The lowest BCUT2D eigenvalue weighted by Crippen LogP contribution is -2.27. The molecule has 30 heavy (non-hydrogen) atoms. The number of para-hydroxylation sites is 1. The van der Waals surface area contributed by atoms with E-state index in [1.165, 1.54) is 36.4 Å². The summed E-state index contributed by atoms with van der Waals surface area (Å²) < 4.78 is 79.3. The maximum atomic E-state index is 13.0. The molecular weight excluding hydrogens is 452 g/mol. The first-order valence-electron chi connectivity index (χ1n) is 8.76. The van der Waals surface area contributed by atoms with Gasteiger partial charge in [-0.25, -0.2) is 16.8 Å². The number of rotatable bonds is 7. The molecule has 0 aliphatic heterocycles. The molecule has 12 heteroatoms. The topological polar surface area (TPSA) is 148 Å². The molecule has 162 valence electrons. The Hall–Kier alpha value is -2.53. The smallest absolute Gasteiger partial charge is 0.381 e. The molecule has 0 spiro atoms. The molecule has 2 aromatic carbocycles. The predicted molar refractivity (Wildman–Crippen MR) is 110 cm³/mol. The van der Waals surface area contributed by atoms with Gasteiger partial charge in [-0.05, 0) is 37.6 Å². The number of nitrogens with zero attached hydrogens (tertiary/aromatic N) is 2. The van der Waals surface area contributed by atoms with E-state index in [2.05, 4.69) is 4.79 Å². The fourth-order valence-electron chi connectivity index (χ4n) is 2.40. The summed E-state index contributed by atoms with van der Waals surface area (Å²) in [6.45, 7) is 3.48. The highest BCUT2D eigenvalue weighted by molar-refractivity contribution is 8.31. The van der Waals surface area contributed by atoms with E-state index in [9.17, 15) is 30.8 Å². The van der Waals surface area contributed by atoms with Crippen LogP contribution in [0.3, 0.4) is 0 Å². The van der Waals surface area contributed by atoms with Crippen LogP contribution in [-0.2, 0) is 29.8 Å². The second-order valence-electron chi connectivity index (χ2n) is 6.33. The Bertz CT molecular complexity index is 1290. The SMILES string of the molecule is CCCCS(=O)(=O)Oc1ccccc1S(=O)(=O)C(=[N+]=[N-])S(=O)(=O)c1ccc(C)cc1. The molecule has 2 aromatic rings. The molecule has 0 fully saturated rings. The highest BCUT2D eigenvalue weighted by Crippen LogP contribution is 2.29. The number of hydrogen-bond donors (Lipinski definition) is 0.